The van der Waals surface area contributed by atoms with Crippen LogP contribution in [-0.4, -0.2) is 15.5 Å². The minimum Gasteiger partial charge on any atom is -0.494 e. The topological polar surface area (TPSA) is 43.4 Å². The number of hydrogen-bond acceptors (Lipinski definition) is 3. The zero-order valence-electron chi connectivity index (χ0n) is 6.92. The highest BCUT2D eigenvalue weighted by Gasteiger charge is 2.24. The summed E-state index contributed by atoms with van der Waals surface area (Å²) in [4.78, 5) is -1.04. The highest BCUT2D eigenvalue weighted by Crippen LogP contribution is 2.31. The van der Waals surface area contributed by atoms with Crippen LogP contribution in [0.5, 0.6) is 5.75 Å². The quantitative estimate of drug-likeness (QED) is 0.784. The maximum Gasteiger partial charge on any atom is 0.336 e. The Morgan fingerprint density at radius 1 is 1.43 bits per heavy atom. The van der Waals surface area contributed by atoms with Gasteiger partial charge in [0.25, 0.3) is 0 Å². The van der Waals surface area contributed by atoms with Crippen LogP contribution in [0.1, 0.15) is 0 Å². The number of rotatable bonds is 2. The van der Waals surface area contributed by atoms with Gasteiger partial charge in [-0.05, 0) is 28.1 Å². The van der Waals surface area contributed by atoms with Crippen molar-refractivity contribution in [3.63, 3.8) is 0 Å². The van der Waals surface area contributed by atoms with Gasteiger partial charge in [0.15, 0.2) is 16.5 Å². The van der Waals surface area contributed by atoms with Crippen LogP contribution < -0.4 is 4.74 Å². The van der Waals surface area contributed by atoms with Gasteiger partial charge >= 0.3 is 10.2 Å². The molecule has 78 valence electrons. The number of halogens is 3. The molecule has 0 aromatic heterocycles. The van der Waals surface area contributed by atoms with Crippen molar-refractivity contribution in [2.45, 2.75) is 4.90 Å². The van der Waals surface area contributed by atoms with E-state index in [9.17, 15) is 16.7 Å². The molecule has 0 aliphatic rings. The Hall–Kier alpha value is -0.690. The third kappa shape index (κ3) is 2.03. The molecule has 0 atom stereocenters. The first-order valence-electron chi connectivity index (χ1n) is 3.34. The molecule has 0 aliphatic heterocycles. The van der Waals surface area contributed by atoms with Crippen LogP contribution in [0.2, 0.25) is 0 Å². The van der Waals surface area contributed by atoms with E-state index in [2.05, 4.69) is 20.7 Å². The minimum atomic E-state index is -5.10. The van der Waals surface area contributed by atoms with Crippen molar-refractivity contribution >= 4 is 26.2 Å². The second kappa shape index (κ2) is 3.82. The zero-order valence-corrected chi connectivity index (χ0v) is 9.32. The molecule has 0 N–H and O–H groups in total. The van der Waals surface area contributed by atoms with E-state index in [0.29, 0.717) is 0 Å². The standard InChI is InChI=1S/C7H5BrF2O3S/c1-13-5-3-2-4(8)7(6(5)9)14(10,11)12/h2-3H,1H3. The molecule has 0 radical (unpaired) electrons. The third-order valence-electron chi connectivity index (χ3n) is 1.48. The summed E-state index contributed by atoms with van der Waals surface area (Å²) < 4.78 is 51.3. The molecule has 7 heteroatoms. The van der Waals surface area contributed by atoms with E-state index in [1.54, 1.807) is 0 Å². The molecule has 0 aliphatic carbocycles. The van der Waals surface area contributed by atoms with E-state index in [1.165, 1.54) is 12.1 Å². The summed E-state index contributed by atoms with van der Waals surface area (Å²) in [6, 6.07) is 2.38. The lowest BCUT2D eigenvalue weighted by Crippen LogP contribution is -2.00. The van der Waals surface area contributed by atoms with Gasteiger partial charge in [0, 0.05) is 4.47 Å². The molecule has 1 rings (SSSR count). The van der Waals surface area contributed by atoms with E-state index in [4.69, 9.17) is 0 Å². The molecule has 0 bridgehead atoms. The highest BCUT2D eigenvalue weighted by molar-refractivity contribution is 9.10. The monoisotopic (exact) mass is 286 g/mol. The molecule has 14 heavy (non-hydrogen) atoms. The lowest BCUT2D eigenvalue weighted by atomic mass is 10.3. The van der Waals surface area contributed by atoms with E-state index in [0.717, 1.165) is 7.11 Å². The van der Waals surface area contributed by atoms with Crippen LogP contribution in [0.4, 0.5) is 8.28 Å². The second-order valence-electron chi connectivity index (χ2n) is 2.33. The van der Waals surface area contributed by atoms with Gasteiger partial charge < -0.3 is 4.74 Å². The average Bonchev–Trinajstić information content (AvgIpc) is 2.02. The normalized spacial score (nSPS) is 11.4. The highest BCUT2D eigenvalue weighted by atomic mass is 79.9. The average molecular weight is 287 g/mol. The van der Waals surface area contributed by atoms with Crippen molar-refractivity contribution in [3.8, 4) is 5.75 Å². The molecule has 0 unspecified atom stereocenters. The summed E-state index contributed by atoms with van der Waals surface area (Å²) in [5.41, 5.74) is 0. The van der Waals surface area contributed by atoms with Crippen molar-refractivity contribution in [1.29, 1.82) is 0 Å². The van der Waals surface area contributed by atoms with Gasteiger partial charge in [0.1, 0.15) is 0 Å². The van der Waals surface area contributed by atoms with Gasteiger partial charge in [-0.15, -0.1) is 3.89 Å². The van der Waals surface area contributed by atoms with Crippen molar-refractivity contribution < 1.29 is 21.4 Å². The molecule has 0 amide bonds. The summed E-state index contributed by atoms with van der Waals surface area (Å²) >= 11 is 2.73. The van der Waals surface area contributed by atoms with Crippen molar-refractivity contribution in [2.24, 2.45) is 0 Å². The Balaban J connectivity index is 3.57. The summed E-state index contributed by atoms with van der Waals surface area (Å²) in [7, 11) is -3.94. The summed E-state index contributed by atoms with van der Waals surface area (Å²) in [5, 5.41) is 0. The van der Waals surface area contributed by atoms with Crippen LogP contribution in [0.15, 0.2) is 21.5 Å². The number of hydrogen-bond donors (Lipinski definition) is 0. The molecule has 3 nitrogen and oxygen atoms in total. The molecule has 0 fully saturated rings. The van der Waals surface area contributed by atoms with Crippen molar-refractivity contribution in [3.05, 3.63) is 22.4 Å². The van der Waals surface area contributed by atoms with Gasteiger partial charge in [0.05, 0.1) is 7.11 Å². The van der Waals surface area contributed by atoms with Gasteiger partial charge in [-0.25, -0.2) is 4.39 Å². The lowest BCUT2D eigenvalue weighted by Gasteiger charge is -2.05. The van der Waals surface area contributed by atoms with Crippen molar-refractivity contribution in [1.82, 2.24) is 0 Å². The zero-order chi connectivity index (χ0) is 10.9. The molecular weight excluding hydrogens is 282 g/mol. The Kier molecular flexibility index (Phi) is 3.10. The maximum absolute atomic E-state index is 13.3. The smallest absolute Gasteiger partial charge is 0.336 e. The fraction of sp³-hybridized carbons (Fsp3) is 0.143. The fourth-order valence-corrected chi connectivity index (χ4v) is 2.40. The van der Waals surface area contributed by atoms with Gasteiger partial charge in [-0.2, -0.15) is 8.42 Å². The Morgan fingerprint density at radius 2 is 2.00 bits per heavy atom. The molecule has 0 saturated carbocycles. The van der Waals surface area contributed by atoms with E-state index < -0.39 is 20.9 Å². The summed E-state index contributed by atoms with van der Waals surface area (Å²) in [5.74, 6) is -1.58. The van der Waals surface area contributed by atoms with E-state index in [-0.39, 0.29) is 10.2 Å². The predicted octanol–water partition coefficient (Wildman–Crippen LogP) is 2.26. The molecular formula is C7H5BrF2O3S. The molecule has 0 heterocycles. The van der Waals surface area contributed by atoms with Crippen LogP contribution in [0.3, 0.4) is 0 Å². The molecule has 1 aromatic rings. The lowest BCUT2D eigenvalue weighted by molar-refractivity contribution is 0.379. The largest absolute Gasteiger partial charge is 0.494 e. The van der Waals surface area contributed by atoms with E-state index in [1.807, 2.05) is 0 Å². The van der Waals surface area contributed by atoms with Crippen molar-refractivity contribution in [2.75, 3.05) is 7.11 Å². The maximum atomic E-state index is 13.3. The van der Waals surface area contributed by atoms with Gasteiger partial charge in [-0.1, -0.05) is 0 Å². The first-order chi connectivity index (χ1) is 6.38. The SMILES string of the molecule is COc1ccc(Br)c(S(=O)(=O)F)c1F. The number of methoxy groups -OCH3 is 1. The first-order valence-corrected chi connectivity index (χ1v) is 5.52. The van der Waals surface area contributed by atoms with Crippen LogP contribution in [-0.2, 0) is 10.2 Å². The van der Waals surface area contributed by atoms with Gasteiger partial charge in [-0.3, -0.25) is 0 Å². The van der Waals surface area contributed by atoms with Crippen LogP contribution >= 0.6 is 15.9 Å². The van der Waals surface area contributed by atoms with Crippen LogP contribution in [0, 0.1) is 5.82 Å². The Labute approximate surface area is 88.0 Å². The summed E-state index contributed by atoms with van der Waals surface area (Å²) in [6.07, 6.45) is 0. The first kappa shape index (κ1) is 11.4. The van der Waals surface area contributed by atoms with E-state index >= 15 is 0 Å². The fourth-order valence-electron chi connectivity index (χ4n) is 0.896. The molecule has 0 saturated heterocycles. The number of benzene rings is 1. The Morgan fingerprint density at radius 3 is 2.43 bits per heavy atom. The third-order valence-corrected chi connectivity index (χ3v) is 3.29. The number of ether oxygens (including phenoxy) is 1. The predicted molar refractivity (Wildman–Crippen MR) is 48.9 cm³/mol. The molecule has 0 spiro atoms. The summed E-state index contributed by atoms with van der Waals surface area (Å²) in [6.45, 7) is 0. The van der Waals surface area contributed by atoms with Crippen LogP contribution in [0.25, 0.3) is 0 Å². The Bertz CT molecular complexity index is 458. The van der Waals surface area contributed by atoms with Gasteiger partial charge in [0.2, 0.25) is 0 Å². The molecule has 1 aromatic carbocycles. The second-order valence-corrected chi connectivity index (χ2v) is 4.47. The minimum absolute atomic E-state index is 0.182.